The zero-order valence-electron chi connectivity index (χ0n) is 10.8. The fraction of sp³-hybridized carbons (Fsp3) is 0.500. The summed E-state index contributed by atoms with van der Waals surface area (Å²) in [5.74, 6) is 0.789. The van der Waals surface area contributed by atoms with Crippen LogP contribution in [-0.4, -0.2) is 22.5 Å². The molecular weight excluding hydrogens is 224 g/mol. The van der Waals surface area contributed by atoms with Gasteiger partial charge in [-0.3, -0.25) is 0 Å². The highest BCUT2D eigenvalue weighted by molar-refractivity contribution is 5.52. The molecule has 18 heavy (non-hydrogen) atoms. The molecular formula is C14H20N4. The van der Waals surface area contributed by atoms with Crippen LogP contribution in [0.15, 0.2) is 24.5 Å². The highest BCUT2D eigenvalue weighted by Crippen LogP contribution is 2.23. The van der Waals surface area contributed by atoms with E-state index in [1.165, 1.54) is 18.5 Å². The smallest absolute Gasteiger partial charge is 0.137 e. The predicted molar refractivity (Wildman–Crippen MR) is 73.7 cm³/mol. The third kappa shape index (κ3) is 2.08. The van der Waals surface area contributed by atoms with Gasteiger partial charge in [-0.05, 0) is 30.9 Å². The van der Waals surface area contributed by atoms with Crippen LogP contribution < -0.4 is 10.6 Å². The third-order valence-electron chi connectivity index (χ3n) is 3.72. The molecule has 3 heterocycles. The minimum absolute atomic E-state index is 0.498. The van der Waals surface area contributed by atoms with E-state index in [0.29, 0.717) is 6.54 Å². The Kier molecular flexibility index (Phi) is 2.96. The Balaban J connectivity index is 1.92. The van der Waals surface area contributed by atoms with Gasteiger partial charge in [0.05, 0.1) is 11.4 Å². The highest BCUT2D eigenvalue weighted by atomic mass is 15.1. The molecule has 1 atom stereocenters. The largest absolute Gasteiger partial charge is 0.370 e. The first-order valence-electron chi connectivity index (χ1n) is 6.69. The molecule has 2 N–H and O–H groups in total. The minimum atomic E-state index is 0.498. The van der Waals surface area contributed by atoms with Crippen molar-refractivity contribution in [3.05, 3.63) is 30.2 Å². The Morgan fingerprint density at radius 1 is 1.39 bits per heavy atom. The second kappa shape index (κ2) is 4.61. The van der Waals surface area contributed by atoms with Crippen molar-refractivity contribution in [3.63, 3.8) is 0 Å². The first-order valence-corrected chi connectivity index (χ1v) is 6.69. The van der Waals surface area contributed by atoms with Crippen LogP contribution in [0.25, 0.3) is 5.65 Å². The third-order valence-corrected chi connectivity index (χ3v) is 3.72. The lowest BCUT2D eigenvalue weighted by molar-refractivity contribution is 0.446. The van der Waals surface area contributed by atoms with Crippen molar-refractivity contribution in [3.8, 4) is 0 Å². The van der Waals surface area contributed by atoms with E-state index >= 15 is 0 Å². The van der Waals surface area contributed by atoms with Crippen molar-refractivity contribution in [1.29, 1.82) is 0 Å². The van der Waals surface area contributed by atoms with Crippen molar-refractivity contribution in [2.45, 2.75) is 26.3 Å². The van der Waals surface area contributed by atoms with Crippen LogP contribution in [0.2, 0.25) is 0 Å². The zero-order chi connectivity index (χ0) is 12.5. The van der Waals surface area contributed by atoms with E-state index in [2.05, 4.69) is 39.5 Å². The van der Waals surface area contributed by atoms with E-state index in [0.717, 1.165) is 30.3 Å². The van der Waals surface area contributed by atoms with E-state index in [4.69, 9.17) is 5.73 Å². The van der Waals surface area contributed by atoms with Crippen molar-refractivity contribution in [1.82, 2.24) is 9.38 Å². The molecule has 0 spiro atoms. The van der Waals surface area contributed by atoms with Crippen LogP contribution in [0, 0.1) is 5.92 Å². The number of nitrogens with two attached hydrogens (primary N) is 1. The number of rotatable bonds is 2. The molecule has 0 aromatic carbocycles. The molecule has 0 amide bonds. The zero-order valence-corrected chi connectivity index (χ0v) is 10.8. The van der Waals surface area contributed by atoms with Gasteiger partial charge in [-0.15, -0.1) is 0 Å². The summed E-state index contributed by atoms with van der Waals surface area (Å²) >= 11 is 0. The molecule has 1 saturated heterocycles. The van der Waals surface area contributed by atoms with E-state index in [-0.39, 0.29) is 0 Å². The van der Waals surface area contributed by atoms with Gasteiger partial charge >= 0.3 is 0 Å². The molecule has 4 nitrogen and oxygen atoms in total. The van der Waals surface area contributed by atoms with Crippen molar-refractivity contribution < 1.29 is 0 Å². The molecule has 1 unspecified atom stereocenters. The lowest BCUT2D eigenvalue weighted by Gasteiger charge is -2.32. The molecule has 1 aliphatic rings. The Bertz CT molecular complexity index is 546. The fourth-order valence-electron chi connectivity index (χ4n) is 2.74. The van der Waals surface area contributed by atoms with Crippen LogP contribution in [-0.2, 0) is 6.54 Å². The van der Waals surface area contributed by atoms with E-state index < -0.39 is 0 Å². The summed E-state index contributed by atoms with van der Waals surface area (Å²) in [5, 5.41) is 0. The van der Waals surface area contributed by atoms with Crippen molar-refractivity contribution in [2.75, 3.05) is 18.0 Å². The monoisotopic (exact) mass is 244 g/mol. The van der Waals surface area contributed by atoms with Gasteiger partial charge in [-0.1, -0.05) is 6.92 Å². The molecule has 1 aliphatic heterocycles. The number of anilines is 1. The standard InChI is InChI=1S/C14H20N4/c1-11-3-2-6-17(8-11)13-4-5-14-16-12(7-15)9-18(14)10-13/h4-5,9-11H,2-3,6-8,15H2,1H3. The van der Waals surface area contributed by atoms with Crippen LogP contribution in [0.3, 0.4) is 0 Å². The molecule has 4 heteroatoms. The fourth-order valence-corrected chi connectivity index (χ4v) is 2.74. The predicted octanol–water partition coefficient (Wildman–Crippen LogP) is 2.03. The molecule has 2 aromatic rings. The summed E-state index contributed by atoms with van der Waals surface area (Å²) in [5.41, 5.74) is 8.83. The van der Waals surface area contributed by atoms with Gasteiger partial charge in [0.2, 0.25) is 0 Å². The first kappa shape index (κ1) is 11.5. The molecule has 0 bridgehead atoms. The number of hydrogen-bond acceptors (Lipinski definition) is 3. The van der Waals surface area contributed by atoms with Gasteiger partial charge in [0.1, 0.15) is 5.65 Å². The Hall–Kier alpha value is -1.55. The SMILES string of the molecule is CC1CCCN(c2ccc3nc(CN)cn3c2)C1. The number of fused-ring (bicyclic) bond motifs is 1. The van der Waals surface area contributed by atoms with Gasteiger partial charge in [-0.25, -0.2) is 4.98 Å². The maximum atomic E-state index is 5.63. The van der Waals surface area contributed by atoms with Gasteiger partial charge in [0.25, 0.3) is 0 Å². The molecule has 0 saturated carbocycles. The summed E-state index contributed by atoms with van der Waals surface area (Å²) in [6.45, 7) is 5.14. The Labute approximate surface area is 107 Å². The Morgan fingerprint density at radius 3 is 3.06 bits per heavy atom. The lowest BCUT2D eigenvalue weighted by Crippen LogP contribution is -2.34. The van der Waals surface area contributed by atoms with Gasteiger partial charge in [0, 0.05) is 32.0 Å². The van der Waals surface area contributed by atoms with E-state index in [1.807, 2.05) is 6.20 Å². The summed E-state index contributed by atoms with van der Waals surface area (Å²) < 4.78 is 2.08. The molecule has 96 valence electrons. The number of nitrogens with zero attached hydrogens (tertiary/aromatic N) is 3. The van der Waals surface area contributed by atoms with Crippen LogP contribution in [0.4, 0.5) is 5.69 Å². The number of pyridine rings is 1. The maximum Gasteiger partial charge on any atom is 0.137 e. The van der Waals surface area contributed by atoms with Crippen LogP contribution in [0.1, 0.15) is 25.5 Å². The van der Waals surface area contributed by atoms with Crippen molar-refractivity contribution >= 4 is 11.3 Å². The normalized spacial score (nSPS) is 20.6. The summed E-state index contributed by atoms with van der Waals surface area (Å²) in [4.78, 5) is 6.92. The average Bonchev–Trinajstić information content (AvgIpc) is 2.80. The maximum absolute atomic E-state index is 5.63. The Morgan fingerprint density at radius 2 is 2.28 bits per heavy atom. The summed E-state index contributed by atoms with van der Waals surface area (Å²) in [6.07, 6.45) is 6.82. The van der Waals surface area contributed by atoms with Gasteiger partial charge in [0.15, 0.2) is 0 Å². The molecule has 0 aliphatic carbocycles. The highest BCUT2D eigenvalue weighted by Gasteiger charge is 2.16. The van der Waals surface area contributed by atoms with Gasteiger partial charge in [-0.2, -0.15) is 0 Å². The van der Waals surface area contributed by atoms with Crippen molar-refractivity contribution in [2.24, 2.45) is 11.7 Å². The van der Waals surface area contributed by atoms with E-state index in [9.17, 15) is 0 Å². The number of hydrogen-bond donors (Lipinski definition) is 1. The van der Waals surface area contributed by atoms with Crippen LogP contribution >= 0.6 is 0 Å². The number of imidazole rings is 1. The summed E-state index contributed by atoms with van der Waals surface area (Å²) in [6, 6.07) is 4.24. The average molecular weight is 244 g/mol. The summed E-state index contributed by atoms with van der Waals surface area (Å²) in [7, 11) is 0. The molecule has 2 aromatic heterocycles. The molecule has 3 rings (SSSR count). The second-order valence-corrected chi connectivity index (χ2v) is 5.28. The van der Waals surface area contributed by atoms with Gasteiger partial charge < -0.3 is 15.0 Å². The quantitative estimate of drug-likeness (QED) is 0.879. The lowest BCUT2D eigenvalue weighted by atomic mass is 10.00. The first-order chi connectivity index (χ1) is 8.76. The second-order valence-electron chi connectivity index (χ2n) is 5.28. The number of aromatic nitrogens is 2. The van der Waals surface area contributed by atoms with Crippen LogP contribution in [0.5, 0.6) is 0 Å². The minimum Gasteiger partial charge on any atom is -0.370 e. The molecule has 0 radical (unpaired) electrons. The number of piperidine rings is 1. The van der Waals surface area contributed by atoms with E-state index in [1.54, 1.807) is 0 Å². The topological polar surface area (TPSA) is 46.6 Å². The molecule has 1 fully saturated rings.